The minimum atomic E-state index is 0. The molecule has 2 N–H and O–H groups in total. The molecule has 7 nitrogen and oxygen atoms in total. The fourth-order valence-electron chi connectivity index (χ4n) is 3.20. The number of aliphatic imine (C=N–C) groups is 1. The predicted molar refractivity (Wildman–Crippen MR) is 120 cm³/mol. The average Bonchev–Trinajstić information content (AvgIpc) is 2.69. The molecule has 0 aromatic heterocycles. The molecule has 0 aromatic carbocycles. The van der Waals surface area contributed by atoms with Crippen LogP contribution in [0.1, 0.15) is 32.6 Å². The molecule has 0 aromatic rings. The maximum Gasteiger partial charge on any atom is 0.191 e. The maximum atomic E-state index is 5.80. The minimum absolute atomic E-state index is 0. The van der Waals surface area contributed by atoms with Crippen molar-refractivity contribution in [2.24, 2.45) is 10.9 Å². The second-order valence-electron chi connectivity index (χ2n) is 6.98. The average molecular weight is 498 g/mol. The lowest BCUT2D eigenvalue weighted by atomic mass is 10.0. The van der Waals surface area contributed by atoms with Crippen LogP contribution in [0.2, 0.25) is 0 Å². The first kappa shape index (κ1) is 24.9. The summed E-state index contributed by atoms with van der Waals surface area (Å²) in [5.41, 5.74) is 0. The zero-order valence-electron chi connectivity index (χ0n) is 16.9. The molecule has 2 aliphatic rings. The van der Waals surface area contributed by atoms with Gasteiger partial charge in [0.1, 0.15) is 0 Å². The van der Waals surface area contributed by atoms with Crippen LogP contribution in [0, 0.1) is 5.92 Å². The summed E-state index contributed by atoms with van der Waals surface area (Å²) >= 11 is 0. The molecular formula is C19H39IN4O3. The van der Waals surface area contributed by atoms with Gasteiger partial charge in [-0.2, -0.15) is 0 Å². The van der Waals surface area contributed by atoms with Crippen LogP contribution in [-0.2, 0) is 14.2 Å². The highest BCUT2D eigenvalue weighted by Crippen LogP contribution is 2.14. The van der Waals surface area contributed by atoms with E-state index in [-0.39, 0.29) is 24.0 Å². The van der Waals surface area contributed by atoms with E-state index in [1.54, 1.807) is 0 Å². The molecule has 0 spiro atoms. The number of rotatable bonds is 11. The van der Waals surface area contributed by atoms with Gasteiger partial charge in [0.25, 0.3) is 0 Å². The first-order valence-corrected chi connectivity index (χ1v) is 10.4. The molecule has 160 valence electrons. The van der Waals surface area contributed by atoms with Crippen LogP contribution in [0.3, 0.4) is 0 Å². The van der Waals surface area contributed by atoms with E-state index in [2.05, 4.69) is 27.4 Å². The van der Waals surface area contributed by atoms with Gasteiger partial charge in [0.15, 0.2) is 5.96 Å². The van der Waals surface area contributed by atoms with E-state index in [0.717, 1.165) is 111 Å². The first-order chi connectivity index (χ1) is 12.9. The van der Waals surface area contributed by atoms with Crippen LogP contribution in [0.4, 0.5) is 0 Å². The highest BCUT2D eigenvalue weighted by atomic mass is 127. The van der Waals surface area contributed by atoms with E-state index in [4.69, 9.17) is 14.2 Å². The van der Waals surface area contributed by atoms with Crippen molar-refractivity contribution in [2.45, 2.75) is 32.6 Å². The van der Waals surface area contributed by atoms with Crippen LogP contribution < -0.4 is 10.6 Å². The van der Waals surface area contributed by atoms with Gasteiger partial charge in [-0.05, 0) is 45.1 Å². The van der Waals surface area contributed by atoms with E-state index < -0.39 is 0 Å². The summed E-state index contributed by atoms with van der Waals surface area (Å²) in [6.07, 6.45) is 4.36. The number of nitrogens with one attached hydrogen (secondary N) is 2. The van der Waals surface area contributed by atoms with Crippen molar-refractivity contribution in [1.82, 2.24) is 15.5 Å². The van der Waals surface area contributed by atoms with Crippen molar-refractivity contribution >= 4 is 29.9 Å². The molecule has 0 saturated carbocycles. The summed E-state index contributed by atoms with van der Waals surface area (Å²) in [5, 5.41) is 6.74. The molecule has 0 unspecified atom stereocenters. The van der Waals surface area contributed by atoms with Gasteiger partial charge in [-0.15, -0.1) is 24.0 Å². The van der Waals surface area contributed by atoms with Crippen LogP contribution in [0.25, 0.3) is 0 Å². The minimum Gasteiger partial charge on any atom is -0.381 e. The smallest absolute Gasteiger partial charge is 0.191 e. The lowest BCUT2D eigenvalue weighted by Crippen LogP contribution is -2.40. The quantitative estimate of drug-likeness (QED) is 0.196. The van der Waals surface area contributed by atoms with Gasteiger partial charge in [0.05, 0.1) is 13.2 Å². The lowest BCUT2D eigenvalue weighted by molar-refractivity contribution is 0.0205. The Morgan fingerprint density at radius 1 is 1.07 bits per heavy atom. The van der Waals surface area contributed by atoms with Crippen molar-refractivity contribution in [3.05, 3.63) is 0 Å². The topological polar surface area (TPSA) is 67.4 Å². The SMILES string of the molecule is CCNC(=NCCCOCC1CCOCC1)NCCCN1CCOCC1.I. The number of hydrogen-bond acceptors (Lipinski definition) is 5. The molecule has 2 aliphatic heterocycles. The summed E-state index contributed by atoms with van der Waals surface area (Å²) in [4.78, 5) is 7.11. The third-order valence-corrected chi connectivity index (χ3v) is 4.80. The molecule has 2 fully saturated rings. The second kappa shape index (κ2) is 16.8. The number of ether oxygens (including phenoxy) is 3. The monoisotopic (exact) mass is 498 g/mol. The van der Waals surface area contributed by atoms with Crippen molar-refractivity contribution in [1.29, 1.82) is 0 Å². The Labute approximate surface area is 182 Å². The number of halogens is 1. The summed E-state index contributed by atoms with van der Waals surface area (Å²) in [6, 6.07) is 0. The Kier molecular flexibility index (Phi) is 15.4. The summed E-state index contributed by atoms with van der Waals surface area (Å²) in [5.74, 6) is 1.59. The van der Waals surface area contributed by atoms with Crippen LogP contribution in [0.15, 0.2) is 4.99 Å². The molecule has 2 rings (SSSR count). The Balaban J connectivity index is 0.00000364. The van der Waals surface area contributed by atoms with E-state index in [1.807, 2.05) is 0 Å². The van der Waals surface area contributed by atoms with E-state index in [9.17, 15) is 0 Å². The molecule has 2 saturated heterocycles. The largest absolute Gasteiger partial charge is 0.381 e. The zero-order valence-corrected chi connectivity index (χ0v) is 19.2. The van der Waals surface area contributed by atoms with Crippen molar-refractivity contribution in [3.63, 3.8) is 0 Å². The Hall–Kier alpha value is -0.160. The molecule has 0 bridgehead atoms. The second-order valence-corrected chi connectivity index (χ2v) is 6.98. The van der Waals surface area contributed by atoms with Gasteiger partial charge in [0, 0.05) is 59.2 Å². The Morgan fingerprint density at radius 3 is 2.56 bits per heavy atom. The van der Waals surface area contributed by atoms with Gasteiger partial charge in [-0.25, -0.2) is 0 Å². The van der Waals surface area contributed by atoms with Crippen molar-refractivity contribution in [2.75, 3.05) is 78.9 Å². The molecule has 0 amide bonds. The molecule has 2 heterocycles. The van der Waals surface area contributed by atoms with Crippen molar-refractivity contribution in [3.8, 4) is 0 Å². The summed E-state index contributed by atoms with van der Waals surface area (Å²) < 4.78 is 16.6. The van der Waals surface area contributed by atoms with Crippen LogP contribution in [0.5, 0.6) is 0 Å². The summed E-state index contributed by atoms with van der Waals surface area (Å²) in [6.45, 7) is 13.1. The predicted octanol–water partition coefficient (Wildman–Crippen LogP) is 1.72. The Morgan fingerprint density at radius 2 is 1.81 bits per heavy atom. The lowest BCUT2D eigenvalue weighted by Gasteiger charge is -2.26. The molecule has 0 atom stereocenters. The molecular weight excluding hydrogens is 459 g/mol. The number of morpholine rings is 1. The van der Waals surface area contributed by atoms with Gasteiger partial charge in [-0.1, -0.05) is 0 Å². The number of guanidine groups is 1. The van der Waals surface area contributed by atoms with Gasteiger partial charge >= 0.3 is 0 Å². The van der Waals surface area contributed by atoms with Crippen LogP contribution in [-0.4, -0.2) is 89.8 Å². The zero-order chi connectivity index (χ0) is 18.3. The number of nitrogens with zero attached hydrogens (tertiary/aromatic N) is 2. The highest BCUT2D eigenvalue weighted by Gasteiger charge is 2.13. The molecule has 27 heavy (non-hydrogen) atoms. The maximum absolute atomic E-state index is 5.80. The van der Waals surface area contributed by atoms with Gasteiger partial charge in [-0.3, -0.25) is 9.89 Å². The molecule has 0 aliphatic carbocycles. The Bertz CT molecular complexity index is 376. The van der Waals surface area contributed by atoms with Crippen molar-refractivity contribution < 1.29 is 14.2 Å². The third-order valence-electron chi connectivity index (χ3n) is 4.80. The normalized spacial score (nSPS) is 19.5. The number of hydrogen-bond donors (Lipinski definition) is 2. The van der Waals surface area contributed by atoms with Gasteiger partial charge < -0.3 is 24.8 Å². The third kappa shape index (κ3) is 12.1. The first-order valence-electron chi connectivity index (χ1n) is 10.4. The fourth-order valence-corrected chi connectivity index (χ4v) is 3.20. The van der Waals surface area contributed by atoms with E-state index in [1.165, 1.54) is 0 Å². The molecule has 0 radical (unpaired) electrons. The molecule has 8 heteroatoms. The van der Waals surface area contributed by atoms with Gasteiger partial charge in [0.2, 0.25) is 0 Å². The standard InChI is InChI=1S/C19H38N4O3.HI/c1-2-20-19(21-7-3-9-23-10-15-25-16-11-23)22-8-4-12-26-17-18-5-13-24-14-6-18;/h18H,2-17H2,1H3,(H2,20,21,22);1H. The van der Waals surface area contributed by atoms with E-state index in [0.29, 0.717) is 5.92 Å². The van der Waals surface area contributed by atoms with Crippen LogP contribution >= 0.6 is 24.0 Å². The van der Waals surface area contributed by atoms with E-state index >= 15 is 0 Å². The highest BCUT2D eigenvalue weighted by molar-refractivity contribution is 14.0. The fraction of sp³-hybridized carbons (Fsp3) is 0.947. The summed E-state index contributed by atoms with van der Waals surface area (Å²) in [7, 11) is 0.